The van der Waals surface area contributed by atoms with Gasteiger partial charge in [0, 0.05) is 0 Å². The third-order valence-electron chi connectivity index (χ3n) is 4.45. The highest BCUT2D eigenvalue weighted by atomic mass is 16.3. The van der Waals surface area contributed by atoms with Crippen LogP contribution in [-0.2, 0) is 0 Å². The third kappa shape index (κ3) is 2.40. The molecule has 0 aromatic rings. The van der Waals surface area contributed by atoms with Gasteiger partial charge in [0.2, 0.25) is 0 Å². The molecular weight excluding hydrogens is 198 g/mol. The van der Waals surface area contributed by atoms with Crippen molar-refractivity contribution in [1.82, 2.24) is 0 Å². The summed E-state index contributed by atoms with van der Waals surface area (Å²) in [6, 6.07) is 2.38. The van der Waals surface area contributed by atoms with Gasteiger partial charge < -0.3 is 5.11 Å². The van der Waals surface area contributed by atoms with Crippen LogP contribution in [0.1, 0.15) is 60.3 Å². The first-order chi connectivity index (χ1) is 7.12. The van der Waals surface area contributed by atoms with E-state index in [1.54, 1.807) is 13.8 Å². The Hall–Kier alpha value is -0.550. The summed E-state index contributed by atoms with van der Waals surface area (Å²) in [6.07, 6.45) is 3.77. The van der Waals surface area contributed by atoms with Gasteiger partial charge in [-0.3, -0.25) is 0 Å². The van der Waals surface area contributed by atoms with E-state index in [4.69, 9.17) is 0 Å². The summed E-state index contributed by atoms with van der Waals surface area (Å²) in [7, 11) is 0. The van der Waals surface area contributed by atoms with E-state index in [1.165, 1.54) is 0 Å². The zero-order valence-electron chi connectivity index (χ0n) is 11.3. The monoisotopic (exact) mass is 223 g/mol. The molecule has 0 radical (unpaired) electrons. The molecule has 0 bridgehead atoms. The Bertz CT molecular complexity index is 279. The minimum absolute atomic E-state index is 0.321. The SMILES string of the molecule is CC(C)(C)C1CCC(C#N)(C(C)(C)O)CC1. The van der Waals surface area contributed by atoms with E-state index in [0.29, 0.717) is 11.3 Å². The van der Waals surface area contributed by atoms with Gasteiger partial charge in [-0.15, -0.1) is 0 Å². The van der Waals surface area contributed by atoms with Crippen molar-refractivity contribution in [2.75, 3.05) is 0 Å². The van der Waals surface area contributed by atoms with Gasteiger partial charge in [-0.1, -0.05) is 20.8 Å². The fraction of sp³-hybridized carbons (Fsp3) is 0.929. The van der Waals surface area contributed by atoms with Gasteiger partial charge in [0.15, 0.2) is 0 Å². The van der Waals surface area contributed by atoms with Gasteiger partial charge in [-0.25, -0.2) is 0 Å². The lowest BCUT2D eigenvalue weighted by atomic mass is 9.59. The molecule has 1 aliphatic carbocycles. The second-order valence-corrected chi connectivity index (χ2v) is 6.89. The first-order valence-electron chi connectivity index (χ1n) is 6.26. The van der Waals surface area contributed by atoms with Crippen LogP contribution in [0.2, 0.25) is 0 Å². The molecule has 1 aliphatic rings. The molecule has 0 atom stereocenters. The van der Waals surface area contributed by atoms with Crippen molar-refractivity contribution in [2.24, 2.45) is 16.7 Å². The fourth-order valence-electron chi connectivity index (χ4n) is 2.84. The first-order valence-corrected chi connectivity index (χ1v) is 6.26. The van der Waals surface area contributed by atoms with Crippen LogP contribution in [0.5, 0.6) is 0 Å². The second kappa shape index (κ2) is 4.04. The Morgan fingerprint density at radius 2 is 1.56 bits per heavy atom. The second-order valence-electron chi connectivity index (χ2n) is 6.89. The molecular formula is C14H25NO. The molecule has 1 rings (SSSR count). The molecule has 0 saturated heterocycles. The molecule has 1 N–H and O–H groups in total. The molecule has 1 saturated carbocycles. The zero-order chi connectivity index (χ0) is 12.6. The molecule has 0 spiro atoms. The number of nitrogens with zero attached hydrogens (tertiary/aromatic N) is 1. The number of hydrogen-bond acceptors (Lipinski definition) is 2. The van der Waals surface area contributed by atoms with Gasteiger partial charge >= 0.3 is 0 Å². The molecule has 0 aliphatic heterocycles. The fourth-order valence-corrected chi connectivity index (χ4v) is 2.84. The largest absolute Gasteiger partial charge is 0.389 e. The lowest BCUT2D eigenvalue weighted by Gasteiger charge is -2.45. The van der Waals surface area contributed by atoms with Crippen molar-refractivity contribution in [1.29, 1.82) is 5.26 Å². The lowest BCUT2D eigenvalue weighted by molar-refractivity contribution is -0.0567. The van der Waals surface area contributed by atoms with Crippen molar-refractivity contribution in [3.8, 4) is 6.07 Å². The minimum Gasteiger partial charge on any atom is -0.389 e. The maximum absolute atomic E-state index is 10.2. The van der Waals surface area contributed by atoms with Crippen molar-refractivity contribution in [2.45, 2.75) is 65.9 Å². The Balaban J connectivity index is 2.78. The Kier molecular flexibility index (Phi) is 3.41. The molecule has 0 unspecified atom stereocenters. The summed E-state index contributed by atoms with van der Waals surface area (Å²) < 4.78 is 0. The van der Waals surface area contributed by atoms with Crippen LogP contribution in [-0.4, -0.2) is 10.7 Å². The molecule has 0 heterocycles. The van der Waals surface area contributed by atoms with Crippen molar-refractivity contribution < 1.29 is 5.11 Å². The molecule has 1 fully saturated rings. The van der Waals surface area contributed by atoms with Gasteiger partial charge in [-0.05, 0) is 50.9 Å². The summed E-state index contributed by atoms with van der Waals surface area (Å²) in [5.41, 5.74) is -1.10. The van der Waals surface area contributed by atoms with Crippen LogP contribution in [0.15, 0.2) is 0 Å². The summed E-state index contributed by atoms with van der Waals surface area (Å²) in [6.45, 7) is 10.3. The summed E-state index contributed by atoms with van der Waals surface area (Å²) in [5.74, 6) is 0.677. The topological polar surface area (TPSA) is 44.0 Å². The predicted molar refractivity (Wildman–Crippen MR) is 65.8 cm³/mol. The highest BCUT2D eigenvalue weighted by Gasteiger charge is 2.47. The average molecular weight is 223 g/mol. The molecule has 0 aromatic heterocycles. The van der Waals surface area contributed by atoms with Crippen molar-refractivity contribution in [3.63, 3.8) is 0 Å². The first kappa shape index (κ1) is 13.5. The Labute approximate surface area is 99.7 Å². The van der Waals surface area contributed by atoms with Crippen LogP contribution in [0.4, 0.5) is 0 Å². The standard InChI is InChI=1S/C14H25NO/c1-12(2,3)11-6-8-14(10-15,9-7-11)13(4,5)16/h11,16H,6-9H2,1-5H3. The maximum atomic E-state index is 10.2. The molecule has 16 heavy (non-hydrogen) atoms. The number of nitriles is 1. The van der Waals surface area contributed by atoms with E-state index in [2.05, 4.69) is 26.8 Å². The van der Waals surface area contributed by atoms with E-state index in [1.807, 2.05) is 0 Å². The van der Waals surface area contributed by atoms with Gasteiger partial charge in [-0.2, -0.15) is 5.26 Å². The molecule has 0 amide bonds. The van der Waals surface area contributed by atoms with E-state index in [9.17, 15) is 10.4 Å². The third-order valence-corrected chi connectivity index (χ3v) is 4.45. The maximum Gasteiger partial charge on any atom is 0.0855 e. The number of hydrogen-bond donors (Lipinski definition) is 1. The van der Waals surface area contributed by atoms with Gasteiger partial charge in [0.1, 0.15) is 0 Å². The molecule has 92 valence electrons. The van der Waals surface area contributed by atoms with Crippen molar-refractivity contribution >= 4 is 0 Å². The highest BCUT2D eigenvalue weighted by molar-refractivity contribution is 5.10. The van der Waals surface area contributed by atoms with Crippen LogP contribution < -0.4 is 0 Å². The molecule has 2 nitrogen and oxygen atoms in total. The predicted octanol–water partition coefficient (Wildman–Crippen LogP) is 3.50. The van der Waals surface area contributed by atoms with Gasteiger partial charge in [0.25, 0.3) is 0 Å². The Morgan fingerprint density at radius 1 is 1.12 bits per heavy atom. The van der Waals surface area contributed by atoms with Crippen molar-refractivity contribution in [3.05, 3.63) is 0 Å². The quantitative estimate of drug-likeness (QED) is 0.739. The normalized spacial score (nSPS) is 32.2. The summed E-state index contributed by atoms with van der Waals surface area (Å²) in [5, 5.41) is 19.5. The summed E-state index contributed by atoms with van der Waals surface area (Å²) >= 11 is 0. The minimum atomic E-state index is -0.884. The summed E-state index contributed by atoms with van der Waals surface area (Å²) in [4.78, 5) is 0. The zero-order valence-corrected chi connectivity index (χ0v) is 11.3. The smallest absolute Gasteiger partial charge is 0.0855 e. The van der Waals surface area contributed by atoms with E-state index < -0.39 is 11.0 Å². The number of aliphatic hydroxyl groups is 1. The van der Waals surface area contributed by atoms with Crippen LogP contribution in [0.25, 0.3) is 0 Å². The van der Waals surface area contributed by atoms with Gasteiger partial charge in [0.05, 0.1) is 17.1 Å². The highest BCUT2D eigenvalue weighted by Crippen LogP contribution is 2.49. The van der Waals surface area contributed by atoms with E-state index >= 15 is 0 Å². The number of rotatable bonds is 1. The molecule has 0 aromatic carbocycles. The van der Waals surface area contributed by atoms with E-state index in [0.717, 1.165) is 25.7 Å². The Morgan fingerprint density at radius 3 is 1.81 bits per heavy atom. The van der Waals surface area contributed by atoms with E-state index in [-0.39, 0.29) is 0 Å². The van der Waals surface area contributed by atoms with Crippen LogP contribution in [0.3, 0.4) is 0 Å². The van der Waals surface area contributed by atoms with Crippen LogP contribution >= 0.6 is 0 Å². The molecule has 2 heteroatoms. The average Bonchev–Trinajstić information content (AvgIpc) is 2.14. The van der Waals surface area contributed by atoms with Crippen LogP contribution in [0, 0.1) is 28.1 Å². The lowest BCUT2D eigenvalue weighted by Crippen LogP contribution is -2.46.